The molecule has 0 radical (unpaired) electrons. The van der Waals surface area contributed by atoms with Crippen molar-refractivity contribution in [2.75, 3.05) is 7.11 Å². The molecule has 8 heteroatoms. The fourth-order valence-electron chi connectivity index (χ4n) is 1.45. The highest BCUT2D eigenvalue weighted by atomic mass is 19.4. The topological polar surface area (TPSA) is 75.6 Å². The molecular formula is C14H14F3NO4. The van der Waals surface area contributed by atoms with Gasteiger partial charge in [-0.2, -0.15) is 13.2 Å². The lowest BCUT2D eigenvalue weighted by molar-refractivity contribution is -0.187. The van der Waals surface area contributed by atoms with E-state index in [2.05, 4.69) is 10.1 Å². The van der Waals surface area contributed by atoms with Crippen LogP contribution in [0.2, 0.25) is 0 Å². The Bertz CT molecular complexity index is 543. The van der Waals surface area contributed by atoms with Gasteiger partial charge >= 0.3 is 12.1 Å². The summed E-state index contributed by atoms with van der Waals surface area (Å²) in [7, 11) is 1.03. The summed E-state index contributed by atoms with van der Waals surface area (Å²) in [6.07, 6.45) is -6.51. The molecule has 0 aliphatic rings. The highest BCUT2D eigenvalue weighted by Crippen LogP contribution is 2.20. The molecule has 0 aliphatic heterocycles. The summed E-state index contributed by atoms with van der Waals surface area (Å²) >= 11 is 0. The Labute approximate surface area is 124 Å². The van der Waals surface area contributed by atoms with Crippen LogP contribution in [-0.4, -0.2) is 42.4 Å². The number of nitrogens with one attached hydrogen (secondary N) is 1. The number of halogens is 3. The van der Waals surface area contributed by atoms with Gasteiger partial charge in [0.25, 0.3) is 5.91 Å². The molecule has 5 nitrogen and oxygen atoms in total. The van der Waals surface area contributed by atoms with Gasteiger partial charge in [-0.15, -0.1) is 0 Å². The minimum absolute atomic E-state index is 0.223. The molecule has 22 heavy (non-hydrogen) atoms. The lowest BCUT2D eigenvalue weighted by Gasteiger charge is -2.15. The number of hydrogen-bond acceptors (Lipinski definition) is 4. The average Bonchev–Trinajstić information content (AvgIpc) is 2.49. The Balaban J connectivity index is 2.84. The van der Waals surface area contributed by atoms with Crippen LogP contribution in [0.15, 0.2) is 42.5 Å². The first-order valence-electron chi connectivity index (χ1n) is 6.12. The minimum Gasteiger partial charge on any atom is -0.467 e. The van der Waals surface area contributed by atoms with Gasteiger partial charge in [0.15, 0.2) is 6.10 Å². The Hall–Kier alpha value is -2.35. The summed E-state index contributed by atoms with van der Waals surface area (Å²) < 4.78 is 41.0. The second-order valence-corrected chi connectivity index (χ2v) is 4.21. The summed E-state index contributed by atoms with van der Waals surface area (Å²) in [4.78, 5) is 23.4. The van der Waals surface area contributed by atoms with Crippen LogP contribution in [0.3, 0.4) is 0 Å². The number of hydrogen-bond donors (Lipinski definition) is 2. The summed E-state index contributed by atoms with van der Waals surface area (Å²) in [6, 6.07) is 6.34. The third-order valence-electron chi connectivity index (χ3n) is 2.60. The second kappa shape index (κ2) is 7.60. The maximum atomic E-state index is 12.2. The van der Waals surface area contributed by atoms with Crippen LogP contribution in [0.1, 0.15) is 10.4 Å². The molecular weight excluding hydrogens is 303 g/mol. The molecule has 1 aromatic carbocycles. The molecule has 0 spiro atoms. The number of ether oxygens (including phenoxy) is 1. The van der Waals surface area contributed by atoms with Gasteiger partial charge in [0.1, 0.15) is 6.04 Å². The molecule has 1 rings (SSSR count). The largest absolute Gasteiger partial charge is 0.467 e. The summed E-state index contributed by atoms with van der Waals surface area (Å²) in [5.41, 5.74) is 0.223. The van der Waals surface area contributed by atoms with E-state index >= 15 is 0 Å². The third-order valence-corrected chi connectivity index (χ3v) is 2.60. The normalized spacial score (nSPS) is 14.4. The Morgan fingerprint density at radius 3 is 2.32 bits per heavy atom. The molecule has 1 aromatic rings. The monoisotopic (exact) mass is 317 g/mol. The van der Waals surface area contributed by atoms with Gasteiger partial charge in [0.2, 0.25) is 0 Å². The lowest BCUT2D eigenvalue weighted by Crippen LogP contribution is -2.40. The van der Waals surface area contributed by atoms with E-state index < -0.39 is 30.2 Å². The van der Waals surface area contributed by atoms with E-state index in [1.807, 2.05) is 0 Å². The smallest absolute Gasteiger partial charge is 0.417 e. The molecule has 2 N–H and O–H groups in total. The summed E-state index contributed by atoms with van der Waals surface area (Å²) in [5.74, 6) is -1.63. The van der Waals surface area contributed by atoms with Gasteiger partial charge in [-0.1, -0.05) is 24.3 Å². The van der Waals surface area contributed by atoms with E-state index in [9.17, 15) is 22.8 Å². The van der Waals surface area contributed by atoms with Crippen LogP contribution >= 0.6 is 0 Å². The number of benzene rings is 1. The van der Waals surface area contributed by atoms with Crippen LogP contribution < -0.4 is 5.32 Å². The van der Waals surface area contributed by atoms with Crippen molar-refractivity contribution in [3.8, 4) is 0 Å². The SMILES string of the molecule is COC(=O)[C@H](/C=C/[C@H](O)C(F)(F)F)NC(=O)c1ccccc1. The minimum atomic E-state index is -4.86. The molecule has 0 aliphatic carbocycles. The number of rotatable bonds is 5. The highest BCUT2D eigenvalue weighted by molar-refractivity contribution is 5.97. The van der Waals surface area contributed by atoms with E-state index in [0.717, 1.165) is 13.2 Å². The van der Waals surface area contributed by atoms with E-state index in [1.54, 1.807) is 18.2 Å². The number of alkyl halides is 3. The molecule has 1 amide bonds. The number of aliphatic hydroxyl groups excluding tert-OH is 1. The molecule has 0 unspecified atom stereocenters. The standard InChI is InChI=1S/C14H14F3NO4/c1-22-13(21)10(7-8-11(19)14(15,16)17)18-12(20)9-5-3-2-4-6-9/h2-8,10-11,19H,1H3,(H,18,20)/b8-7+/t10-,11-/m0/s1. The van der Waals surface area contributed by atoms with E-state index in [1.165, 1.54) is 12.1 Å². The molecule has 120 valence electrons. The molecule has 0 fully saturated rings. The van der Waals surface area contributed by atoms with Gasteiger partial charge < -0.3 is 15.2 Å². The Kier molecular flexibility index (Phi) is 6.11. The first-order valence-corrected chi connectivity index (χ1v) is 6.12. The molecule has 2 atom stereocenters. The van der Waals surface area contributed by atoms with Crippen LogP contribution in [0.5, 0.6) is 0 Å². The number of carbonyl (C=O) groups excluding carboxylic acids is 2. The van der Waals surface area contributed by atoms with Crippen molar-refractivity contribution in [3.63, 3.8) is 0 Å². The van der Waals surface area contributed by atoms with Crippen molar-refractivity contribution in [3.05, 3.63) is 48.0 Å². The fraction of sp³-hybridized carbons (Fsp3) is 0.286. The van der Waals surface area contributed by atoms with Crippen LogP contribution in [0.25, 0.3) is 0 Å². The van der Waals surface area contributed by atoms with Crippen LogP contribution in [0, 0.1) is 0 Å². The van der Waals surface area contributed by atoms with Gasteiger partial charge in [-0.05, 0) is 18.2 Å². The first-order chi connectivity index (χ1) is 10.3. The van der Waals surface area contributed by atoms with Crippen molar-refractivity contribution in [1.82, 2.24) is 5.32 Å². The van der Waals surface area contributed by atoms with Crippen LogP contribution in [-0.2, 0) is 9.53 Å². The molecule has 0 saturated heterocycles. The number of amides is 1. The quantitative estimate of drug-likeness (QED) is 0.636. The zero-order valence-corrected chi connectivity index (χ0v) is 11.5. The van der Waals surface area contributed by atoms with Crippen LogP contribution in [0.4, 0.5) is 13.2 Å². The van der Waals surface area contributed by atoms with E-state index in [-0.39, 0.29) is 5.56 Å². The summed E-state index contributed by atoms with van der Waals surface area (Å²) in [6.45, 7) is 0. The van der Waals surface area contributed by atoms with Crippen molar-refractivity contribution in [2.24, 2.45) is 0 Å². The fourth-order valence-corrected chi connectivity index (χ4v) is 1.45. The molecule has 0 heterocycles. The number of methoxy groups -OCH3 is 1. The van der Waals surface area contributed by atoms with E-state index in [0.29, 0.717) is 6.08 Å². The molecule has 0 aromatic heterocycles. The van der Waals surface area contributed by atoms with Gasteiger partial charge in [-0.3, -0.25) is 4.79 Å². The second-order valence-electron chi connectivity index (χ2n) is 4.21. The van der Waals surface area contributed by atoms with Crippen molar-refractivity contribution < 1.29 is 32.6 Å². The number of esters is 1. The zero-order chi connectivity index (χ0) is 16.8. The van der Waals surface area contributed by atoms with Gasteiger partial charge in [0, 0.05) is 5.56 Å². The highest BCUT2D eigenvalue weighted by Gasteiger charge is 2.36. The van der Waals surface area contributed by atoms with Crippen molar-refractivity contribution in [2.45, 2.75) is 18.3 Å². The maximum absolute atomic E-state index is 12.2. The number of carbonyl (C=O) groups is 2. The van der Waals surface area contributed by atoms with Crippen molar-refractivity contribution >= 4 is 11.9 Å². The van der Waals surface area contributed by atoms with Gasteiger partial charge in [0.05, 0.1) is 7.11 Å². The maximum Gasteiger partial charge on any atom is 0.417 e. The number of aliphatic hydroxyl groups is 1. The molecule has 0 bridgehead atoms. The first kappa shape index (κ1) is 17.7. The Morgan fingerprint density at radius 2 is 1.82 bits per heavy atom. The predicted octanol–water partition coefficient (Wildman–Crippen LogP) is 1.44. The zero-order valence-electron chi connectivity index (χ0n) is 11.5. The van der Waals surface area contributed by atoms with E-state index in [4.69, 9.17) is 5.11 Å². The average molecular weight is 317 g/mol. The van der Waals surface area contributed by atoms with Crippen molar-refractivity contribution in [1.29, 1.82) is 0 Å². The molecule has 0 saturated carbocycles. The summed E-state index contributed by atoms with van der Waals surface area (Å²) in [5, 5.41) is 11.1. The lowest BCUT2D eigenvalue weighted by atomic mass is 10.1. The van der Waals surface area contributed by atoms with Gasteiger partial charge in [-0.25, -0.2) is 4.79 Å². The third kappa shape index (κ3) is 5.21. The Morgan fingerprint density at radius 1 is 1.23 bits per heavy atom. The predicted molar refractivity (Wildman–Crippen MR) is 70.9 cm³/mol.